The van der Waals surface area contributed by atoms with Crippen molar-refractivity contribution < 1.29 is 4.74 Å². The molecule has 3 aromatic rings. The van der Waals surface area contributed by atoms with E-state index >= 15 is 0 Å². The predicted molar refractivity (Wildman–Crippen MR) is 86.1 cm³/mol. The number of imidazole rings is 1. The Balaban J connectivity index is 1.67. The van der Waals surface area contributed by atoms with E-state index in [2.05, 4.69) is 45.9 Å². The zero-order chi connectivity index (χ0) is 14.7. The van der Waals surface area contributed by atoms with E-state index in [9.17, 15) is 0 Å². The first kappa shape index (κ1) is 14.1. The summed E-state index contributed by atoms with van der Waals surface area (Å²) < 4.78 is 7.46. The van der Waals surface area contributed by atoms with Crippen molar-refractivity contribution in [3.05, 3.63) is 53.2 Å². The van der Waals surface area contributed by atoms with Crippen LogP contribution in [-0.4, -0.2) is 22.5 Å². The lowest BCUT2D eigenvalue weighted by Gasteiger charge is -2.14. The summed E-state index contributed by atoms with van der Waals surface area (Å²) in [6.45, 7) is 2.94. The molecule has 0 radical (unpaired) electrons. The van der Waals surface area contributed by atoms with Gasteiger partial charge in [-0.05, 0) is 18.9 Å². The molecule has 5 heteroatoms. The fraction of sp³-hybridized carbons (Fsp3) is 0.312. The third kappa shape index (κ3) is 3.09. The summed E-state index contributed by atoms with van der Waals surface area (Å²) in [5.74, 6) is 0.710. The van der Waals surface area contributed by atoms with Crippen molar-refractivity contribution in [2.45, 2.75) is 25.9 Å². The molecular formula is C16H19N3OS. The van der Waals surface area contributed by atoms with E-state index in [1.54, 1.807) is 18.4 Å². The number of nitrogens with one attached hydrogen (secondary N) is 1. The van der Waals surface area contributed by atoms with Crippen LogP contribution in [-0.2, 0) is 13.0 Å². The van der Waals surface area contributed by atoms with Crippen LogP contribution in [0.4, 0.5) is 0 Å². The normalized spacial score (nSPS) is 12.7. The molecule has 3 rings (SSSR count). The van der Waals surface area contributed by atoms with Gasteiger partial charge in [0.1, 0.15) is 5.69 Å². The lowest BCUT2D eigenvalue weighted by molar-refractivity contribution is 0.391. The van der Waals surface area contributed by atoms with Gasteiger partial charge in [-0.25, -0.2) is 0 Å². The summed E-state index contributed by atoms with van der Waals surface area (Å²) in [5, 5.41) is 5.59. The van der Waals surface area contributed by atoms with Crippen molar-refractivity contribution in [1.82, 2.24) is 14.7 Å². The van der Waals surface area contributed by atoms with E-state index in [4.69, 9.17) is 4.74 Å². The molecule has 2 heterocycles. The first-order chi connectivity index (χ1) is 10.3. The first-order valence-electron chi connectivity index (χ1n) is 7.03. The van der Waals surface area contributed by atoms with Gasteiger partial charge in [-0.2, -0.15) is 4.98 Å². The molecule has 110 valence electrons. The van der Waals surface area contributed by atoms with E-state index in [-0.39, 0.29) is 0 Å². The number of nitrogens with zero attached hydrogens (tertiary/aromatic N) is 2. The lowest BCUT2D eigenvalue weighted by atomic mass is 10.1. The molecule has 4 nitrogen and oxygen atoms in total. The van der Waals surface area contributed by atoms with Gasteiger partial charge in [-0.3, -0.25) is 4.40 Å². The molecule has 0 bridgehead atoms. The minimum atomic E-state index is 0.390. The highest BCUT2D eigenvalue weighted by Crippen LogP contribution is 2.23. The maximum absolute atomic E-state index is 5.37. The number of methoxy groups -OCH3 is 1. The summed E-state index contributed by atoms with van der Waals surface area (Å²) in [4.78, 5) is 5.44. The van der Waals surface area contributed by atoms with Crippen LogP contribution < -0.4 is 10.1 Å². The van der Waals surface area contributed by atoms with Crippen molar-refractivity contribution in [2.75, 3.05) is 7.11 Å². The molecule has 1 atom stereocenters. The summed E-state index contributed by atoms with van der Waals surface area (Å²) in [7, 11) is 1.67. The Morgan fingerprint density at radius 3 is 2.90 bits per heavy atom. The number of hydrogen-bond acceptors (Lipinski definition) is 4. The average molecular weight is 301 g/mol. The molecule has 0 aliphatic rings. The summed E-state index contributed by atoms with van der Waals surface area (Å²) >= 11 is 1.62. The maximum Gasteiger partial charge on any atom is 0.237 e. The number of rotatable bonds is 6. The molecular weight excluding hydrogens is 282 g/mol. The molecule has 0 aliphatic carbocycles. The number of benzene rings is 1. The van der Waals surface area contributed by atoms with Crippen LogP contribution in [0.25, 0.3) is 4.96 Å². The summed E-state index contributed by atoms with van der Waals surface area (Å²) in [5.41, 5.74) is 2.42. The number of fused-ring (bicyclic) bond motifs is 1. The third-order valence-corrected chi connectivity index (χ3v) is 4.28. The molecule has 2 aromatic heterocycles. The van der Waals surface area contributed by atoms with Gasteiger partial charge in [0.2, 0.25) is 5.88 Å². The quantitative estimate of drug-likeness (QED) is 0.760. The molecule has 1 unspecified atom stereocenters. The van der Waals surface area contributed by atoms with Crippen molar-refractivity contribution in [2.24, 2.45) is 0 Å². The second-order valence-electron chi connectivity index (χ2n) is 5.10. The van der Waals surface area contributed by atoms with E-state index in [0.29, 0.717) is 11.9 Å². The number of hydrogen-bond donors (Lipinski definition) is 1. The molecule has 0 saturated heterocycles. The second kappa shape index (κ2) is 6.28. The van der Waals surface area contributed by atoms with Crippen LogP contribution in [0, 0.1) is 0 Å². The third-order valence-electron chi connectivity index (χ3n) is 3.52. The van der Waals surface area contributed by atoms with E-state index in [0.717, 1.165) is 23.6 Å². The highest BCUT2D eigenvalue weighted by Gasteiger charge is 2.14. The van der Waals surface area contributed by atoms with Crippen LogP contribution in [0.1, 0.15) is 18.2 Å². The van der Waals surface area contributed by atoms with Gasteiger partial charge in [0, 0.05) is 24.2 Å². The monoisotopic (exact) mass is 301 g/mol. The first-order valence-corrected chi connectivity index (χ1v) is 7.91. The minimum absolute atomic E-state index is 0.390. The molecule has 1 aromatic carbocycles. The molecule has 1 N–H and O–H groups in total. The van der Waals surface area contributed by atoms with Crippen molar-refractivity contribution >= 4 is 16.3 Å². The Labute approximate surface area is 128 Å². The average Bonchev–Trinajstić information content (AvgIpc) is 3.06. The smallest absolute Gasteiger partial charge is 0.237 e. The van der Waals surface area contributed by atoms with Gasteiger partial charge < -0.3 is 10.1 Å². The van der Waals surface area contributed by atoms with Gasteiger partial charge in [-0.15, -0.1) is 11.3 Å². The Hall–Kier alpha value is -1.85. The van der Waals surface area contributed by atoms with Gasteiger partial charge >= 0.3 is 0 Å². The standard InChI is InChI=1S/C16H19N3OS/c1-12(10-13-6-4-3-5-7-13)17-11-14-15(20-2)18-16-19(14)8-9-21-16/h3-9,12,17H,10-11H2,1-2H3. The fourth-order valence-corrected chi connectivity index (χ4v) is 3.17. The van der Waals surface area contributed by atoms with Crippen LogP contribution in [0.15, 0.2) is 41.9 Å². The Bertz CT molecular complexity index is 705. The van der Waals surface area contributed by atoms with Crippen LogP contribution in [0.2, 0.25) is 0 Å². The number of aromatic nitrogens is 2. The lowest BCUT2D eigenvalue weighted by Crippen LogP contribution is -2.28. The number of ether oxygens (including phenoxy) is 1. The van der Waals surface area contributed by atoms with Gasteiger partial charge in [0.15, 0.2) is 4.96 Å². The molecule has 0 aliphatic heterocycles. The molecule has 0 fully saturated rings. The topological polar surface area (TPSA) is 38.6 Å². The molecule has 21 heavy (non-hydrogen) atoms. The van der Waals surface area contributed by atoms with E-state index in [1.165, 1.54) is 5.56 Å². The van der Waals surface area contributed by atoms with Gasteiger partial charge in [-0.1, -0.05) is 30.3 Å². The largest absolute Gasteiger partial charge is 0.480 e. The zero-order valence-corrected chi connectivity index (χ0v) is 13.1. The van der Waals surface area contributed by atoms with E-state index < -0.39 is 0 Å². The van der Waals surface area contributed by atoms with Crippen molar-refractivity contribution in [3.8, 4) is 5.88 Å². The Morgan fingerprint density at radius 2 is 2.14 bits per heavy atom. The van der Waals surface area contributed by atoms with Gasteiger partial charge in [0.05, 0.1) is 7.11 Å². The zero-order valence-electron chi connectivity index (χ0n) is 12.2. The molecule has 0 spiro atoms. The molecule has 0 amide bonds. The minimum Gasteiger partial charge on any atom is -0.480 e. The SMILES string of the molecule is COc1nc2sccn2c1CNC(C)Cc1ccccc1. The highest BCUT2D eigenvalue weighted by molar-refractivity contribution is 7.15. The molecule has 0 saturated carbocycles. The number of thiazole rings is 1. The maximum atomic E-state index is 5.37. The Morgan fingerprint density at radius 1 is 1.33 bits per heavy atom. The van der Waals surface area contributed by atoms with Crippen LogP contribution in [0.5, 0.6) is 5.88 Å². The summed E-state index contributed by atoms with van der Waals surface area (Å²) in [6.07, 6.45) is 3.04. The van der Waals surface area contributed by atoms with E-state index in [1.807, 2.05) is 17.6 Å². The van der Waals surface area contributed by atoms with Crippen molar-refractivity contribution in [1.29, 1.82) is 0 Å². The summed E-state index contributed by atoms with van der Waals surface area (Å²) in [6, 6.07) is 10.9. The predicted octanol–water partition coefficient (Wildman–Crippen LogP) is 3.13. The van der Waals surface area contributed by atoms with Crippen LogP contribution in [0.3, 0.4) is 0 Å². The second-order valence-corrected chi connectivity index (χ2v) is 5.97. The van der Waals surface area contributed by atoms with Crippen LogP contribution >= 0.6 is 11.3 Å². The van der Waals surface area contributed by atoms with Crippen molar-refractivity contribution in [3.63, 3.8) is 0 Å². The fourth-order valence-electron chi connectivity index (χ4n) is 2.45. The Kier molecular flexibility index (Phi) is 4.22. The van der Waals surface area contributed by atoms with Gasteiger partial charge in [0.25, 0.3) is 0 Å². The highest BCUT2D eigenvalue weighted by atomic mass is 32.1.